The second-order valence-corrected chi connectivity index (χ2v) is 8.49. The van der Waals surface area contributed by atoms with Crippen molar-refractivity contribution in [2.75, 3.05) is 11.9 Å². The Balaban J connectivity index is 1.50. The van der Waals surface area contributed by atoms with Crippen molar-refractivity contribution < 1.29 is 13.2 Å². The number of nitrogens with one attached hydrogen (secondary N) is 1. The largest absolute Gasteiger partial charge is 0.321 e. The number of anilines is 1. The fourth-order valence-electron chi connectivity index (χ4n) is 3.23. The first kappa shape index (κ1) is 18.3. The highest BCUT2D eigenvalue weighted by Crippen LogP contribution is 2.25. The van der Waals surface area contributed by atoms with Crippen molar-refractivity contribution in [3.63, 3.8) is 0 Å². The lowest BCUT2D eigenvalue weighted by atomic mass is 10.0. The molecule has 0 spiro atoms. The molecule has 0 saturated carbocycles. The molecule has 1 aliphatic rings. The van der Waals surface area contributed by atoms with Crippen LogP contribution in [0.5, 0.6) is 0 Å². The van der Waals surface area contributed by atoms with Crippen LogP contribution in [0.1, 0.15) is 21.6 Å². The van der Waals surface area contributed by atoms with Crippen LogP contribution in [0.2, 0.25) is 0 Å². The van der Waals surface area contributed by atoms with Crippen LogP contribution < -0.4 is 5.32 Å². The van der Waals surface area contributed by atoms with E-state index in [4.69, 9.17) is 0 Å². The number of hydrogen-bond acceptors (Lipinski definition) is 4. The number of rotatable bonds is 4. The fourth-order valence-corrected chi connectivity index (χ4v) is 4.65. The molecule has 0 fully saturated rings. The molecule has 7 heteroatoms. The Bertz CT molecular complexity index is 1100. The van der Waals surface area contributed by atoms with Crippen molar-refractivity contribution in [1.82, 2.24) is 9.29 Å². The van der Waals surface area contributed by atoms with Gasteiger partial charge in [-0.3, -0.25) is 9.78 Å². The van der Waals surface area contributed by atoms with E-state index < -0.39 is 10.0 Å². The highest BCUT2D eigenvalue weighted by Gasteiger charge is 2.28. The van der Waals surface area contributed by atoms with Gasteiger partial charge in [-0.25, -0.2) is 8.42 Å². The van der Waals surface area contributed by atoms with Gasteiger partial charge in [0.25, 0.3) is 5.91 Å². The van der Waals surface area contributed by atoms with E-state index in [2.05, 4.69) is 10.3 Å². The molecule has 2 aromatic carbocycles. The number of sulfonamides is 1. The number of pyridine rings is 1. The highest BCUT2D eigenvalue weighted by molar-refractivity contribution is 7.89. The Labute approximate surface area is 163 Å². The van der Waals surface area contributed by atoms with Crippen molar-refractivity contribution in [3.05, 3.63) is 89.7 Å². The molecule has 28 heavy (non-hydrogen) atoms. The zero-order chi connectivity index (χ0) is 19.6. The van der Waals surface area contributed by atoms with Crippen molar-refractivity contribution >= 4 is 21.6 Å². The van der Waals surface area contributed by atoms with Gasteiger partial charge in [0.05, 0.1) is 4.90 Å². The topological polar surface area (TPSA) is 79.4 Å². The molecular formula is C21H19N3O3S. The van der Waals surface area contributed by atoms with Gasteiger partial charge >= 0.3 is 0 Å². The summed E-state index contributed by atoms with van der Waals surface area (Å²) in [6.07, 6.45) is 2.25. The molecule has 1 N–H and O–H groups in total. The number of amides is 1. The predicted octanol–water partition coefficient (Wildman–Crippen LogP) is 3.08. The molecule has 0 aliphatic carbocycles. The van der Waals surface area contributed by atoms with E-state index >= 15 is 0 Å². The summed E-state index contributed by atoms with van der Waals surface area (Å²) in [6.45, 7) is 0.828. The van der Waals surface area contributed by atoms with Crippen molar-refractivity contribution in [1.29, 1.82) is 0 Å². The minimum atomic E-state index is -3.59. The van der Waals surface area contributed by atoms with Crippen LogP contribution in [0.4, 0.5) is 5.69 Å². The second kappa shape index (κ2) is 7.53. The molecule has 0 bridgehead atoms. The molecule has 1 amide bonds. The maximum atomic E-state index is 13.0. The molecule has 1 aromatic heterocycles. The van der Waals surface area contributed by atoms with Gasteiger partial charge in [0.15, 0.2) is 0 Å². The van der Waals surface area contributed by atoms with E-state index in [9.17, 15) is 13.2 Å². The Morgan fingerprint density at radius 1 is 0.929 bits per heavy atom. The van der Waals surface area contributed by atoms with Gasteiger partial charge in [0, 0.05) is 25.0 Å². The number of carbonyl (C=O) groups is 1. The average molecular weight is 393 g/mol. The molecule has 6 nitrogen and oxygen atoms in total. The fraction of sp³-hybridized carbons (Fsp3) is 0.143. The molecule has 4 rings (SSSR count). The average Bonchev–Trinajstić information content (AvgIpc) is 2.74. The Kier molecular flexibility index (Phi) is 4.93. The molecular weight excluding hydrogens is 374 g/mol. The van der Waals surface area contributed by atoms with Crippen LogP contribution in [0, 0.1) is 0 Å². The minimum absolute atomic E-state index is 0.211. The molecule has 1 aliphatic heterocycles. The molecule has 2 heterocycles. The normalized spacial score (nSPS) is 14.3. The monoisotopic (exact) mass is 393 g/mol. The third-order valence-electron chi connectivity index (χ3n) is 4.74. The van der Waals surface area contributed by atoms with Gasteiger partial charge < -0.3 is 5.32 Å². The van der Waals surface area contributed by atoms with Crippen LogP contribution in [-0.2, 0) is 23.0 Å². The van der Waals surface area contributed by atoms with Crippen molar-refractivity contribution in [3.8, 4) is 0 Å². The van der Waals surface area contributed by atoms with Crippen LogP contribution >= 0.6 is 0 Å². The first-order chi connectivity index (χ1) is 13.5. The molecule has 3 aromatic rings. The molecule has 142 valence electrons. The predicted molar refractivity (Wildman–Crippen MR) is 106 cm³/mol. The lowest BCUT2D eigenvalue weighted by Crippen LogP contribution is -2.35. The van der Waals surface area contributed by atoms with E-state index in [1.165, 1.54) is 22.0 Å². The molecule has 0 saturated heterocycles. The highest BCUT2D eigenvalue weighted by atomic mass is 32.2. The summed E-state index contributed by atoms with van der Waals surface area (Å²) >= 11 is 0. The SMILES string of the molecule is O=C(Nc1ccc(S(=O)(=O)N2CCc3ccccc3C2)cc1)c1ccccn1. The van der Waals surface area contributed by atoms with Gasteiger partial charge in [0.2, 0.25) is 10.0 Å². The lowest BCUT2D eigenvalue weighted by molar-refractivity contribution is 0.102. The Hall–Kier alpha value is -3.03. The first-order valence-corrected chi connectivity index (χ1v) is 10.4. The Morgan fingerprint density at radius 2 is 1.64 bits per heavy atom. The summed E-state index contributed by atoms with van der Waals surface area (Å²) < 4.78 is 27.5. The van der Waals surface area contributed by atoms with E-state index in [0.29, 0.717) is 30.9 Å². The summed E-state index contributed by atoms with van der Waals surface area (Å²) in [4.78, 5) is 16.4. The maximum Gasteiger partial charge on any atom is 0.274 e. The number of carbonyl (C=O) groups excluding carboxylic acids is 1. The summed E-state index contributed by atoms with van der Waals surface area (Å²) in [6, 6.07) is 19.2. The van der Waals surface area contributed by atoms with E-state index in [0.717, 1.165) is 5.56 Å². The van der Waals surface area contributed by atoms with E-state index in [1.54, 1.807) is 36.5 Å². The van der Waals surface area contributed by atoms with Gasteiger partial charge in [-0.1, -0.05) is 30.3 Å². The third kappa shape index (κ3) is 3.67. The summed E-state index contributed by atoms with van der Waals surface area (Å²) in [5.74, 6) is -0.344. The number of nitrogens with zero attached hydrogens (tertiary/aromatic N) is 2. The third-order valence-corrected chi connectivity index (χ3v) is 6.60. The summed E-state index contributed by atoms with van der Waals surface area (Å²) in [7, 11) is -3.59. The first-order valence-electron chi connectivity index (χ1n) is 8.93. The van der Waals surface area contributed by atoms with Gasteiger partial charge in [-0.05, 0) is 53.9 Å². The van der Waals surface area contributed by atoms with Crippen molar-refractivity contribution in [2.24, 2.45) is 0 Å². The standard InChI is InChI=1S/C21H19N3O3S/c25-21(20-7-3-4-13-22-20)23-18-8-10-19(11-9-18)28(26,27)24-14-12-16-5-1-2-6-17(16)15-24/h1-11,13H,12,14-15H2,(H,23,25). The number of fused-ring (bicyclic) bond motifs is 1. The van der Waals surface area contributed by atoms with Gasteiger partial charge in [0.1, 0.15) is 5.69 Å². The van der Waals surface area contributed by atoms with Gasteiger partial charge in [-0.15, -0.1) is 0 Å². The van der Waals surface area contributed by atoms with Crippen LogP contribution in [0.15, 0.2) is 77.8 Å². The van der Waals surface area contributed by atoms with E-state index in [-0.39, 0.29) is 10.8 Å². The summed E-state index contributed by atoms with van der Waals surface area (Å²) in [5, 5.41) is 2.72. The zero-order valence-corrected chi connectivity index (χ0v) is 15.9. The molecule has 0 unspecified atom stereocenters. The van der Waals surface area contributed by atoms with Crippen LogP contribution in [0.25, 0.3) is 0 Å². The molecule has 0 radical (unpaired) electrons. The number of hydrogen-bond donors (Lipinski definition) is 1. The lowest BCUT2D eigenvalue weighted by Gasteiger charge is -2.28. The van der Waals surface area contributed by atoms with Crippen LogP contribution in [0.3, 0.4) is 0 Å². The van der Waals surface area contributed by atoms with Crippen molar-refractivity contribution in [2.45, 2.75) is 17.9 Å². The Morgan fingerprint density at radius 3 is 2.36 bits per heavy atom. The van der Waals surface area contributed by atoms with Crippen LogP contribution in [-0.4, -0.2) is 30.2 Å². The smallest absolute Gasteiger partial charge is 0.274 e. The second-order valence-electron chi connectivity index (χ2n) is 6.55. The van der Waals surface area contributed by atoms with Gasteiger partial charge in [-0.2, -0.15) is 4.31 Å². The number of benzene rings is 2. The molecule has 0 atom stereocenters. The summed E-state index contributed by atoms with van der Waals surface area (Å²) in [5.41, 5.74) is 3.04. The zero-order valence-electron chi connectivity index (χ0n) is 15.1. The van der Waals surface area contributed by atoms with E-state index in [1.807, 2.05) is 24.3 Å². The quantitative estimate of drug-likeness (QED) is 0.739. The minimum Gasteiger partial charge on any atom is -0.321 e. The maximum absolute atomic E-state index is 13.0. The number of aromatic nitrogens is 1.